The normalized spacial score (nSPS) is 21.7. The molecular formula is C24H33N3O3. The number of rotatable bonds is 6. The van der Waals surface area contributed by atoms with Crippen LogP contribution in [0, 0.1) is 0 Å². The smallest absolute Gasteiger partial charge is 0.278 e. The van der Waals surface area contributed by atoms with Crippen LogP contribution in [0.15, 0.2) is 30.0 Å². The van der Waals surface area contributed by atoms with Crippen LogP contribution < -0.4 is 4.74 Å². The molecule has 1 aromatic rings. The summed E-state index contributed by atoms with van der Waals surface area (Å²) in [7, 11) is 0. The van der Waals surface area contributed by atoms with E-state index in [2.05, 4.69) is 16.7 Å². The van der Waals surface area contributed by atoms with Crippen LogP contribution in [-0.4, -0.2) is 71.9 Å². The van der Waals surface area contributed by atoms with E-state index < -0.39 is 0 Å². The Morgan fingerprint density at radius 3 is 2.17 bits per heavy atom. The standard InChI is InChI=1S/C24H33N3O3/c1-3-25-14-16-26(17-15-25)22-21(18-10-12-20(13-11-18)30-4-2)23(28)27(24(22)29)19-8-6-5-7-9-19/h10-13,19H,3-9,14-17H2,1-2H3. The largest absolute Gasteiger partial charge is 0.494 e. The second-order valence-corrected chi connectivity index (χ2v) is 8.37. The number of benzene rings is 1. The highest BCUT2D eigenvalue weighted by Gasteiger charge is 2.45. The summed E-state index contributed by atoms with van der Waals surface area (Å²) in [4.78, 5) is 33.3. The first-order valence-corrected chi connectivity index (χ1v) is 11.5. The molecule has 1 saturated carbocycles. The Kier molecular flexibility index (Phi) is 6.42. The van der Waals surface area contributed by atoms with Crippen molar-refractivity contribution >= 4 is 17.4 Å². The van der Waals surface area contributed by atoms with Gasteiger partial charge in [-0.3, -0.25) is 14.5 Å². The van der Waals surface area contributed by atoms with Gasteiger partial charge < -0.3 is 14.5 Å². The maximum absolute atomic E-state index is 13.6. The summed E-state index contributed by atoms with van der Waals surface area (Å²) in [6.07, 6.45) is 5.21. The lowest BCUT2D eigenvalue weighted by Gasteiger charge is -2.36. The van der Waals surface area contributed by atoms with E-state index in [1.54, 1.807) is 4.90 Å². The minimum absolute atomic E-state index is 0.0332. The quantitative estimate of drug-likeness (QED) is 0.673. The fourth-order valence-corrected chi connectivity index (χ4v) is 4.93. The molecule has 2 amide bonds. The summed E-state index contributed by atoms with van der Waals surface area (Å²) in [5.41, 5.74) is 1.98. The van der Waals surface area contributed by atoms with Gasteiger partial charge in [0.2, 0.25) is 0 Å². The molecule has 2 heterocycles. The number of piperazine rings is 1. The Balaban J connectivity index is 1.68. The first-order chi connectivity index (χ1) is 14.6. The Hall–Kier alpha value is -2.34. The number of amides is 2. The molecule has 3 aliphatic rings. The van der Waals surface area contributed by atoms with E-state index in [4.69, 9.17) is 4.74 Å². The van der Waals surface area contributed by atoms with Crippen molar-refractivity contribution < 1.29 is 14.3 Å². The van der Waals surface area contributed by atoms with Crippen LogP contribution in [0.2, 0.25) is 0 Å². The number of ether oxygens (including phenoxy) is 1. The number of hydrogen-bond donors (Lipinski definition) is 0. The van der Waals surface area contributed by atoms with Gasteiger partial charge in [-0.2, -0.15) is 0 Å². The van der Waals surface area contributed by atoms with Gasteiger partial charge in [0.25, 0.3) is 11.8 Å². The molecule has 2 fully saturated rings. The van der Waals surface area contributed by atoms with Gasteiger partial charge >= 0.3 is 0 Å². The SMILES string of the molecule is CCOc1ccc(C2=C(N3CCN(CC)CC3)C(=O)N(C3CCCCC3)C2=O)cc1. The Morgan fingerprint density at radius 1 is 0.900 bits per heavy atom. The van der Waals surface area contributed by atoms with Gasteiger partial charge in [-0.25, -0.2) is 0 Å². The monoisotopic (exact) mass is 411 g/mol. The molecule has 6 heteroatoms. The fourth-order valence-electron chi connectivity index (χ4n) is 4.93. The van der Waals surface area contributed by atoms with E-state index in [9.17, 15) is 9.59 Å². The third-order valence-corrected chi connectivity index (χ3v) is 6.62. The van der Waals surface area contributed by atoms with Gasteiger partial charge in [0, 0.05) is 32.2 Å². The molecule has 0 radical (unpaired) electrons. The number of imide groups is 1. The molecule has 0 aromatic heterocycles. The van der Waals surface area contributed by atoms with Gasteiger partial charge in [-0.1, -0.05) is 38.3 Å². The predicted molar refractivity (Wildman–Crippen MR) is 117 cm³/mol. The van der Waals surface area contributed by atoms with E-state index in [-0.39, 0.29) is 17.9 Å². The van der Waals surface area contributed by atoms with E-state index in [1.165, 1.54) is 6.42 Å². The Bertz CT molecular complexity index is 803. The predicted octanol–water partition coefficient (Wildman–Crippen LogP) is 3.14. The first kappa shape index (κ1) is 20.9. The van der Waals surface area contributed by atoms with Crippen molar-refractivity contribution in [3.05, 3.63) is 35.5 Å². The highest BCUT2D eigenvalue weighted by molar-refractivity contribution is 6.35. The first-order valence-electron chi connectivity index (χ1n) is 11.5. The number of nitrogens with zero attached hydrogens (tertiary/aromatic N) is 3. The average Bonchev–Trinajstić information content (AvgIpc) is 3.05. The van der Waals surface area contributed by atoms with Crippen molar-refractivity contribution in [2.45, 2.75) is 52.0 Å². The minimum atomic E-state index is -0.121. The van der Waals surface area contributed by atoms with Gasteiger partial charge in [0.1, 0.15) is 11.4 Å². The lowest BCUT2D eigenvalue weighted by molar-refractivity contribution is -0.141. The molecule has 162 valence electrons. The third-order valence-electron chi connectivity index (χ3n) is 6.62. The summed E-state index contributed by atoms with van der Waals surface area (Å²) in [5.74, 6) is 0.561. The van der Waals surface area contributed by atoms with Gasteiger partial charge in [-0.05, 0) is 44.0 Å². The topological polar surface area (TPSA) is 53.1 Å². The summed E-state index contributed by atoms with van der Waals surface area (Å²) in [5, 5.41) is 0. The molecule has 1 saturated heterocycles. The van der Waals surface area contributed by atoms with Crippen molar-refractivity contribution in [3.63, 3.8) is 0 Å². The molecule has 30 heavy (non-hydrogen) atoms. The zero-order valence-corrected chi connectivity index (χ0v) is 18.2. The van der Waals surface area contributed by atoms with Crippen LogP contribution in [0.5, 0.6) is 5.75 Å². The van der Waals surface area contributed by atoms with Crippen molar-refractivity contribution in [2.75, 3.05) is 39.3 Å². The van der Waals surface area contributed by atoms with E-state index in [0.717, 1.165) is 69.7 Å². The highest BCUT2D eigenvalue weighted by Crippen LogP contribution is 2.36. The molecule has 1 aromatic carbocycles. The van der Waals surface area contributed by atoms with Crippen molar-refractivity contribution in [2.24, 2.45) is 0 Å². The van der Waals surface area contributed by atoms with Gasteiger partial charge in [0.05, 0.1) is 12.2 Å². The molecule has 4 rings (SSSR count). The fraction of sp³-hybridized carbons (Fsp3) is 0.583. The Morgan fingerprint density at radius 2 is 1.57 bits per heavy atom. The number of hydrogen-bond acceptors (Lipinski definition) is 5. The zero-order valence-electron chi connectivity index (χ0n) is 18.2. The lowest BCUT2D eigenvalue weighted by Crippen LogP contribution is -2.48. The third kappa shape index (κ3) is 3.97. The van der Waals surface area contributed by atoms with Crippen LogP contribution >= 0.6 is 0 Å². The highest BCUT2D eigenvalue weighted by atomic mass is 16.5. The molecule has 0 spiro atoms. The van der Waals surface area contributed by atoms with Crippen molar-refractivity contribution in [3.8, 4) is 5.75 Å². The average molecular weight is 412 g/mol. The van der Waals surface area contributed by atoms with E-state index >= 15 is 0 Å². The molecule has 1 aliphatic carbocycles. The summed E-state index contributed by atoms with van der Waals surface area (Å²) >= 11 is 0. The van der Waals surface area contributed by atoms with Gasteiger partial charge in [0.15, 0.2) is 0 Å². The summed E-state index contributed by atoms with van der Waals surface area (Å²) in [6, 6.07) is 7.64. The number of likely N-dealkylation sites (N-methyl/N-ethyl adjacent to an activating group) is 1. The molecule has 2 aliphatic heterocycles. The minimum Gasteiger partial charge on any atom is -0.494 e. The maximum atomic E-state index is 13.6. The van der Waals surface area contributed by atoms with Gasteiger partial charge in [-0.15, -0.1) is 0 Å². The van der Waals surface area contributed by atoms with E-state index in [0.29, 0.717) is 17.9 Å². The maximum Gasteiger partial charge on any atom is 0.278 e. The molecule has 0 bridgehead atoms. The molecular weight excluding hydrogens is 378 g/mol. The zero-order chi connectivity index (χ0) is 21.1. The van der Waals surface area contributed by atoms with Crippen molar-refractivity contribution in [1.82, 2.24) is 14.7 Å². The molecule has 0 unspecified atom stereocenters. The van der Waals surface area contributed by atoms with Crippen LogP contribution in [0.25, 0.3) is 5.57 Å². The number of carbonyl (C=O) groups is 2. The van der Waals surface area contributed by atoms with Crippen LogP contribution in [0.3, 0.4) is 0 Å². The second kappa shape index (κ2) is 9.21. The van der Waals surface area contributed by atoms with Crippen LogP contribution in [-0.2, 0) is 9.59 Å². The lowest BCUT2D eigenvalue weighted by atomic mass is 9.94. The summed E-state index contributed by atoms with van der Waals surface area (Å²) < 4.78 is 5.56. The molecule has 6 nitrogen and oxygen atoms in total. The summed E-state index contributed by atoms with van der Waals surface area (Å²) in [6.45, 7) is 9.12. The van der Waals surface area contributed by atoms with Crippen LogP contribution in [0.4, 0.5) is 0 Å². The second-order valence-electron chi connectivity index (χ2n) is 8.37. The molecule has 0 atom stereocenters. The van der Waals surface area contributed by atoms with Crippen LogP contribution in [0.1, 0.15) is 51.5 Å². The molecule has 0 N–H and O–H groups in total. The van der Waals surface area contributed by atoms with E-state index in [1.807, 2.05) is 31.2 Å². The van der Waals surface area contributed by atoms with Crippen molar-refractivity contribution in [1.29, 1.82) is 0 Å². The number of carbonyl (C=O) groups excluding carboxylic acids is 2. The Labute approximate surface area is 179 Å².